The van der Waals surface area contributed by atoms with E-state index in [1.807, 2.05) is 0 Å². The third-order valence-corrected chi connectivity index (χ3v) is 4.14. The molecule has 0 aromatic heterocycles. The van der Waals surface area contributed by atoms with Gasteiger partial charge in [0.1, 0.15) is 0 Å². The molecule has 30 heavy (non-hydrogen) atoms. The number of carboxylic acid groups (broad SMARTS) is 1. The first-order chi connectivity index (χ1) is 14.0. The Labute approximate surface area is 169 Å². The number of nitrogens with zero attached hydrogens (tertiary/aromatic N) is 2. The number of aliphatic carboxylic acids is 1. The van der Waals surface area contributed by atoms with Gasteiger partial charge in [-0.2, -0.15) is 13.2 Å². The quantitative estimate of drug-likeness (QED) is 0.684. The molecule has 1 aromatic rings. The first kappa shape index (κ1) is 25.3. The van der Waals surface area contributed by atoms with Crippen molar-refractivity contribution >= 4 is 17.8 Å². The summed E-state index contributed by atoms with van der Waals surface area (Å²) in [6, 6.07) is 3.07. The van der Waals surface area contributed by atoms with Crippen molar-refractivity contribution in [3.63, 3.8) is 0 Å². The van der Waals surface area contributed by atoms with Crippen LogP contribution in [0.5, 0.6) is 0 Å². The van der Waals surface area contributed by atoms with Crippen molar-refractivity contribution in [2.75, 3.05) is 39.3 Å². The van der Waals surface area contributed by atoms with Gasteiger partial charge in [-0.25, -0.2) is 13.6 Å². The summed E-state index contributed by atoms with van der Waals surface area (Å²) in [6.07, 6.45) is -4.86. The lowest BCUT2D eigenvalue weighted by atomic mass is 10.1. The average Bonchev–Trinajstić information content (AvgIpc) is 2.70. The van der Waals surface area contributed by atoms with E-state index in [1.54, 1.807) is 11.8 Å². The van der Waals surface area contributed by atoms with E-state index >= 15 is 0 Å². The zero-order valence-corrected chi connectivity index (χ0v) is 16.1. The smallest absolute Gasteiger partial charge is 0.475 e. The second kappa shape index (κ2) is 11.4. The van der Waals surface area contributed by atoms with Gasteiger partial charge in [-0.3, -0.25) is 9.59 Å². The number of nitrogens with one attached hydrogen (secondary N) is 1. The van der Waals surface area contributed by atoms with E-state index in [0.717, 1.165) is 25.2 Å². The highest BCUT2D eigenvalue weighted by Crippen LogP contribution is 2.13. The van der Waals surface area contributed by atoms with Crippen LogP contribution in [0.1, 0.15) is 23.7 Å². The largest absolute Gasteiger partial charge is 0.490 e. The van der Waals surface area contributed by atoms with Gasteiger partial charge < -0.3 is 20.2 Å². The van der Waals surface area contributed by atoms with Crippen LogP contribution < -0.4 is 5.32 Å². The molecule has 12 heteroatoms. The third kappa shape index (κ3) is 7.93. The van der Waals surface area contributed by atoms with Crippen LogP contribution in [-0.2, 0) is 9.59 Å². The maximum Gasteiger partial charge on any atom is 0.490 e. The average molecular weight is 439 g/mol. The van der Waals surface area contributed by atoms with Gasteiger partial charge in [-0.1, -0.05) is 0 Å². The van der Waals surface area contributed by atoms with Crippen molar-refractivity contribution in [2.45, 2.75) is 19.5 Å². The first-order valence-electron chi connectivity index (χ1n) is 9.00. The minimum Gasteiger partial charge on any atom is -0.475 e. The summed E-state index contributed by atoms with van der Waals surface area (Å²) < 4.78 is 57.9. The Kier molecular flexibility index (Phi) is 9.63. The van der Waals surface area contributed by atoms with Gasteiger partial charge in [0, 0.05) is 51.3 Å². The van der Waals surface area contributed by atoms with Gasteiger partial charge in [0.05, 0.1) is 0 Å². The van der Waals surface area contributed by atoms with E-state index in [0.29, 0.717) is 19.6 Å². The fourth-order valence-electron chi connectivity index (χ4n) is 2.52. The lowest BCUT2D eigenvalue weighted by molar-refractivity contribution is -0.192. The summed E-state index contributed by atoms with van der Waals surface area (Å²) in [5.74, 6) is -5.20. The number of benzene rings is 1. The van der Waals surface area contributed by atoms with Crippen LogP contribution in [0.2, 0.25) is 0 Å². The molecule has 0 spiro atoms. The Balaban J connectivity index is 0.000000553. The maximum atomic E-state index is 13.3. The number of alkyl halides is 3. The second-order valence-corrected chi connectivity index (χ2v) is 6.20. The molecule has 168 valence electrons. The van der Waals surface area contributed by atoms with Crippen LogP contribution >= 0.6 is 0 Å². The lowest BCUT2D eigenvalue weighted by Crippen LogP contribution is -2.47. The standard InChI is InChI=1S/C16H21F2N3O2.C2HF3O2/c1-2-20(8-5-15(22)21-9-6-19-7-10-21)16(23)12-3-4-13(17)14(18)11-12;3-2(4,5)1(6)7/h3-4,11,19H,2,5-10H2,1H3;(H,6,7). The zero-order chi connectivity index (χ0) is 22.9. The van der Waals surface area contributed by atoms with Crippen LogP contribution in [-0.4, -0.2) is 78.1 Å². The summed E-state index contributed by atoms with van der Waals surface area (Å²) in [4.78, 5) is 36.6. The van der Waals surface area contributed by atoms with Crippen molar-refractivity contribution in [2.24, 2.45) is 0 Å². The highest BCUT2D eigenvalue weighted by molar-refractivity contribution is 5.94. The van der Waals surface area contributed by atoms with Crippen LogP contribution in [0.25, 0.3) is 0 Å². The molecule has 0 atom stereocenters. The summed E-state index contributed by atoms with van der Waals surface area (Å²) in [5, 5.41) is 10.3. The number of piperazine rings is 1. The van der Waals surface area contributed by atoms with E-state index < -0.39 is 29.7 Å². The number of halogens is 5. The van der Waals surface area contributed by atoms with E-state index in [9.17, 15) is 31.5 Å². The SMILES string of the molecule is CCN(CCC(=O)N1CCNCC1)C(=O)c1ccc(F)c(F)c1.O=C(O)C(F)(F)F. The predicted octanol–water partition coefficient (Wildman–Crippen LogP) is 1.88. The molecule has 0 unspecified atom stereocenters. The molecular formula is C18H22F5N3O4. The van der Waals surface area contributed by atoms with Gasteiger partial charge in [-0.15, -0.1) is 0 Å². The zero-order valence-electron chi connectivity index (χ0n) is 16.1. The molecular weight excluding hydrogens is 417 g/mol. The van der Waals surface area contributed by atoms with Crippen molar-refractivity contribution < 1.29 is 41.4 Å². The van der Waals surface area contributed by atoms with Crippen LogP contribution in [0.4, 0.5) is 22.0 Å². The minimum absolute atomic E-state index is 0.00281. The third-order valence-electron chi connectivity index (χ3n) is 4.14. The summed E-state index contributed by atoms with van der Waals surface area (Å²) in [7, 11) is 0. The fourth-order valence-corrected chi connectivity index (χ4v) is 2.52. The lowest BCUT2D eigenvalue weighted by Gasteiger charge is -2.28. The van der Waals surface area contributed by atoms with Crippen molar-refractivity contribution in [1.29, 1.82) is 0 Å². The van der Waals surface area contributed by atoms with Gasteiger partial charge in [0.25, 0.3) is 5.91 Å². The summed E-state index contributed by atoms with van der Waals surface area (Å²) in [5.41, 5.74) is 0.0837. The molecule has 0 saturated carbocycles. The maximum absolute atomic E-state index is 13.3. The van der Waals surface area contributed by atoms with Gasteiger partial charge in [0.2, 0.25) is 5.91 Å². The predicted molar refractivity (Wildman–Crippen MR) is 95.7 cm³/mol. The summed E-state index contributed by atoms with van der Waals surface area (Å²) >= 11 is 0. The molecule has 2 amide bonds. The number of carbonyl (C=O) groups excluding carboxylic acids is 2. The molecule has 7 nitrogen and oxygen atoms in total. The van der Waals surface area contributed by atoms with Crippen molar-refractivity contribution in [1.82, 2.24) is 15.1 Å². The van der Waals surface area contributed by atoms with Crippen LogP contribution in [0.15, 0.2) is 18.2 Å². The Bertz CT molecular complexity index is 752. The highest BCUT2D eigenvalue weighted by atomic mass is 19.4. The molecule has 0 aliphatic carbocycles. The molecule has 0 radical (unpaired) electrons. The normalized spacial score (nSPS) is 13.9. The number of hydrogen-bond donors (Lipinski definition) is 2. The highest BCUT2D eigenvalue weighted by Gasteiger charge is 2.38. The molecule has 1 aliphatic heterocycles. The van der Waals surface area contributed by atoms with Gasteiger partial charge >= 0.3 is 12.1 Å². The van der Waals surface area contributed by atoms with E-state index in [1.165, 1.54) is 11.0 Å². The van der Waals surface area contributed by atoms with E-state index in [4.69, 9.17) is 9.90 Å². The molecule has 2 rings (SSSR count). The second-order valence-electron chi connectivity index (χ2n) is 6.20. The van der Waals surface area contributed by atoms with E-state index in [-0.39, 0.29) is 24.4 Å². The topological polar surface area (TPSA) is 90.0 Å². The van der Waals surface area contributed by atoms with Gasteiger partial charge in [0.15, 0.2) is 11.6 Å². The number of amides is 2. The minimum atomic E-state index is -5.08. The Morgan fingerprint density at radius 2 is 1.70 bits per heavy atom. The van der Waals surface area contributed by atoms with Crippen molar-refractivity contribution in [3.8, 4) is 0 Å². The fraction of sp³-hybridized carbons (Fsp3) is 0.500. The molecule has 1 aliphatic rings. The molecule has 2 N–H and O–H groups in total. The number of carboxylic acids is 1. The monoisotopic (exact) mass is 439 g/mol. The van der Waals surface area contributed by atoms with E-state index in [2.05, 4.69) is 5.32 Å². The molecule has 1 aromatic carbocycles. The van der Waals surface area contributed by atoms with Crippen LogP contribution in [0.3, 0.4) is 0 Å². The number of hydrogen-bond acceptors (Lipinski definition) is 4. The molecule has 1 fully saturated rings. The Morgan fingerprint density at radius 1 is 1.13 bits per heavy atom. The Morgan fingerprint density at radius 3 is 2.17 bits per heavy atom. The molecule has 1 heterocycles. The molecule has 1 saturated heterocycles. The first-order valence-corrected chi connectivity index (χ1v) is 9.00. The Hall–Kier alpha value is -2.76. The van der Waals surface area contributed by atoms with Crippen LogP contribution in [0, 0.1) is 11.6 Å². The number of carbonyl (C=O) groups is 3. The number of rotatable bonds is 5. The van der Waals surface area contributed by atoms with Crippen molar-refractivity contribution in [3.05, 3.63) is 35.4 Å². The molecule has 0 bridgehead atoms. The van der Waals surface area contributed by atoms with Gasteiger partial charge in [-0.05, 0) is 25.1 Å². The summed E-state index contributed by atoms with van der Waals surface area (Å²) in [6.45, 7) is 5.33.